The Balaban J connectivity index is 1.75. The topological polar surface area (TPSA) is 24.9 Å². The largest absolute Gasteiger partial charge is 0.310 e. The molecule has 1 heterocycles. The van der Waals surface area contributed by atoms with Gasteiger partial charge in [-0.2, -0.15) is 0 Å². The first-order valence-electron chi connectivity index (χ1n) is 6.84. The Labute approximate surface area is 105 Å². The maximum absolute atomic E-state index is 4.14. The molecular weight excluding hydrogens is 208 g/mol. The SMILES string of the molecule is CCC1(C)CCC(NCc2cccnc2)CC1. The summed E-state index contributed by atoms with van der Waals surface area (Å²) in [7, 11) is 0. The smallest absolute Gasteiger partial charge is 0.0312 e. The summed E-state index contributed by atoms with van der Waals surface area (Å²) in [5, 5.41) is 3.66. The molecule has 1 aliphatic carbocycles. The van der Waals surface area contributed by atoms with Gasteiger partial charge >= 0.3 is 0 Å². The second-order valence-electron chi connectivity index (χ2n) is 5.68. The Hall–Kier alpha value is -0.890. The maximum atomic E-state index is 4.14. The number of hydrogen-bond acceptors (Lipinski definition) is 2. The number of nitrogens with zero attached hydrogens (tertiary/aromatic N) is 1. The van der Waals surface area contributed by atoms with Gasteiger partial charge in [0.2, 0.25) is 0 Å². The number of aromatic nitrogens is 1. The third-order valence-electron chi connectivity index (χ3n) is 4.36. The Morgan fingerprint density at radius 3 is 2.76 bits per heavy atom. The molecule has 2 rings (SSSR count). The van der Waals surface area contributed by atoms with Crippen molar-refractivity contribution in [2.24, 2.45) is 5.41 Å². The minimum absolute atomic E-state index is 0.604. The molecule has 1 N–H and O–H groups in total. The fraction of sp³-hybridized carbons (Fsp3) is 0.667. The summed E-state index contributed by atoms with van der Waals surface area (Å²) in [5.41, 5.74) is 1.89. The molecule has 1 aromatic heterocycles. The molecular formula is C15H24N2. The van der Waals surface area contributed by atoms with E-state index >= 15 is 0 Å². The van der Waals surface area contributed by atoms with Gasteiger partial charge in [0, 0.05) is 25.0 Å². The third-order valence-corrected chi connectivity index (χ3v) is 4.36. The van der Waals surface area contributed by atoms with Crippen LogP contribution in [0.3, 0.4) is 0 Å². The lowest BCUT2D eigenvalue weighted by Crippen LogP contribution is -2.36. The van der Waals surface area contributed by atoms with Crippen molar-refractivity contribution >= 4 is 0 Å². The monoisotopic (exact) mass is 232 g/mol. The van der Waals surface area contributed by atoms with E-state index in [1.165, 1.54) is 37.7 Å². The van der Waals surface area contributed by atoms with Crippen molar-refractivity contribution in [3.05, 3.63) is 30.1 Å². The van der Waals surface area contributed by atoms with Gasteiger partial charge in [-0.15, -0.1) is 0 Å². The van der Waals surface area contributed by atoms with E-state index in [0.717, 1.165) is 6.54 Å². The highest BCUT2D eigenvalue weighted by Gasteiger charge is 2.28. The van der Waals surface area contributed by atoms with Crippen molar-refractivity contribution < 1.29 is 0 Å². The Kier molecular flexibility index (Phi) is 4.16. The van der Waals surface area contributed by atoms with Crippen LogP contribution in [0.2, 0.25) is 0 Å². The van der Waals surface area contributed by atoms with Crippen LogP contribution in [-0.4, -0.2) is 11.0 Å². The molecule has 1 aliphatic rings. The van der Waals surface area contributed by atoms with Gasteiger partial charge < -0.3 is 5.32 Å². The summed E-state index contributed by atoms with van der Waals surface area (Å²) in [6, 6.07) is 4.85. The minimum Gasteiger partial charge on any atom is -0.310 e. The van der Waals surface area contributed by atoms with Crippen LogP contribution in [0, 0.1) is 5.41 Å². The average Bonchev–Trinajstić information content (AvgIpc) is 2.39. The summed E-state index contributed by atoms with van der Waals surface area (Å²) in [6.07, 6.45) is 10.5. The number of nitrogens with one attached hydrogen (secondary N) is 1. The first kappa shape index (κ1) is 12.6. The lowest BCUT2D eigenvalue weighted by atomic mass is 9.72. The number of rotatable bonds is 4. The zero-order valence-electron chi connectivity index (χ0n) is 11.1. The second-order valence-corrected chi connectivity index (χ2v) is 5.68. The summed E-state index contributed by atoms with van der Waals surface area (Å²) in [6.45, 7) is 5.72. The summed E-state index contributed by atoms with van der Waals surface area (Å²) >= 11 is 0. The van der Waals surface area contributed by atoms with Gasteiger partial charge in [-0.25, -0.2) is 0 Å². The van der Waals surface area contributed by atoms with Gasteiger partial charge in [0.05, 0.1) is 0 Å². The van der Waals surface area contributed by atoms with Crippen molar-refractivity contribution in [3.8, 4) is 0 Å². The highest BCUT2D eigenvalue weighted by atomic mass is 14.9. The van der Waals surface area contributed by atoms with Crippen molar-refractivity contribution in [2.75, 3.05) is 0 Å². The molecule has 0 aromatic carbocycles. The first-order chi connectivity index (χ1) is 8.22. The van der Waals surface area contributed by atoms with Crippen molar-refractivity contribution in [1.29, 1.82) is 0 Å². The summed E-state index contributed by atoms with van der Waals surface area (Å²) in [5.74, 6) is 0. The molecule has 0 atom stereocenters. The highest BCUT2D eigenvalue weighted by Crippen LogP contribution is 2.38. The van der Waals surface area contributed by atoms with E-state index in [4.69, 9.17) is 0 Å². The lowest BCUT2D eigenvalue weighted by Gasteiger charge is -2.37. The summed E-state index contributed by atoms with van der Waals surface area (Å²) < 4.78 is 0. The van der Waals surface area contributed by atoms with Crippen LogP contribution in [0.4, 0.5) is 0 Å². The van der Waals surface area contributed by atoms with Gasteiger partial charge in [0.25, 0.3) is 0 Å². The quantitative estimate of drug-likeness (QED) is 0.859. The van der Waals surface area contributed by atoms with Crippen molar-refractivity contribution in [1.82, 2.24) is 10.3 Å². The highest BCUT2D eigenvalue weighted by molar-refractivity contribution is 5.08. The number of pyridine rings is 1. The Morgan fingerprint density at radius 2 is 2.18 bits per heavy atom. The number of hydrogen-bond donors (Lipinski definition) is 1. The van der Waals surface area contributed by atoms with Crippen LogP contribution < -0.4 is 5.32 Å². The van der Waals surface area contributed by atoms with E-state index in [-0.39, 0.29) is 0 Å². The maximum Gasteiger partial charge on any atom is 0.0312 e. The van der Waals surface area contributed by atoms with Crippen LogP contribution in [0.15, 0.2) is 24.5 Å². The van der Waals surface area contributed by atoms with Crippen molar-refractivity contribution in [2.45, 2.75) is 58.5 Å². The van der Waals surface area contributed by atoms with Crippen molar-refractivity contribution in [3.63, 3.8) is 0 Å². The van der Waals surface area contributed by atoms with Gasteiger partial charge in [-0.3, -0.25) is 4.98 Å². The molecule has 1 fully saturated rings. The minimum atomic E-state index is 0.604. The first-order valence-corrected chi connectivity index (χ1v) is 6.84. The molecule has 1 saturated carbocycles. The molecule has 0 radical (unpaired) electrons. The zero-order valence-corrected chi connectivity index (χ0v) is 11.1. The van der Waals surface area contributed by atoms with Crippen LogP contribution in [0.5, 0.6) is 0 Å². The van der Waals surface area contributed by atoms with E-state index in [2.05, 4.69) is 30.2 Å². The van der Waals surface area contributed by atoms with E-state index in [1.807, 2.05) is 18.5 Å². The molecule has 2 heteroatoms. The normalized spacial score (nSPS) is 29.2. The second kappa shape index (κ2) is 5.63. The standard InChI is InChI=1S/C15H24N2/c1-3-15(2)8-6-14(7-9-15)17-12-13-5-4-10-16-11-13/h4-5,10-11,14,17H,3,6-9,12H2,1-2H3. The van der Waals surface area contributed by atoms with Gasteiger partial charge in [0.1, 0.15) is 0 Å². The zero-order chi connectivity index (χ0) is 12.1. The van der Waals surface area contributed by atoms with E-state index < -0.39 is 0 Å². The predicted molar refractivity (Wildman–Crippen MR) is 71.7 cm³/mol. The molecule has 2 nitrogen and oxygen atoms in total. The molecule has 0 amide bonds. The fourth-order valence-electron chi connectivity index (χ4n) is 2.64. The summed E-state index contributed by atoms with van der Waals surface area (Å²) in [4.78, 5) is 4.14. The Bertz CT molecular complexity index is 326. The van der Waals surface area contributed by atoms with E-state index in [0.29, 0.717) is 11.5 Å². The Morgan fingerprint density at radius 1 is 1.41 bits per heavy atom. The predicted octanol–water partition coefficient (Wildman–Crippen LogP) is 3.53. The van der Waals surface area contributed by atoms with E-state index in [1.54, 1.807) is 0 Å². The lowest BCUT2D eigenvalue weighted by molar-refractivity contribution is 0.177. The molecule has 1 aromatic rings. The van der Waals surface area contributed by atoms with Gasteiger partial charge in [-0.1, -0.05) is 26.3 Å². The average molecular weight is 232 g/mol. The van der Waals surface area contributed by atoms with Gasteiger partial charge in [0.15, 0.2) is 0 Å². The van der Waals surface area contributed by atoms with Gasteiger partial charge in [-0.05, 0) is 42.7 Å². The van der Waals surface area contributed by atoms with Crippen LogP contribution >= 0.6 is 0 Å². The molecule has 0 unspecified atom stereocenters. The molecule has 17 heavy (non-hydrogen) atoms. The molecule has 0 spiro atoms. The molecule has 94 valence electrons. The van der Waals surface area contributed by atoms with E-state index in [9.17, 15) is 0 Å². The van der Waals surface area contributed by atoms with Crippen LogP contribution in [0.1, 0.15) is 51.5 Å². The third kappa shape index (κ3) is 3.53. The van der Waals surface area contributed by atoms with Crippen LogP contribution in [0.25, 0.3) is 0 Å². The molecule has 0 saturated heterocycles. The fourth-order valence-corrected chi connectivity index (χ4v) is 2.64. The molecule has 0 bridgehead atoms. The van der Waals surface area contributed by atoms with Crippen LogP contribution in [-0.2, 0) is 6.54 Å². The molecule has 0 aliphatic heterocycles.